The van der Waals surface area contributed by atoms with Gasteiger partial charge in [-0.15, -0.1) is 0 Å². The zero-order valence-electron chi connectivity index (χ0n) is 16.9. The highest BCUT2D eigenvalue weighted by Gasteiger charge is 2.31. The standard InChI is InChI=1S/C22H34N4O/c1-17(2)24-11-13-25(14-12-24)21-5-3-18(4-6-21)22(27)26-9-7-19-15-23-16-20(19)8-10-26/h3-6,17,19-20,23H,7-16H2,1-2H3/t19-,20+. The predicted molar refractivity (Wildman–Crippen MR) is 110 cm³/mol. The molecule has 0 bridgehead atoms. The van der Waals surface area contributed by atoms with Gasteiger partial charge in [0.05, 0.1) is 0 Å². The average molecular weight is 371 g/mol. The van der Waals surface area contributed by atoms with E-state index < -0.39 is 0 Å². The maximum Gasteiger partial charge on any atom is 0.253 e. The molecule has 1 N–H and O–H groups in total. The number of piperazine rings is 1. The van der Waals surface area contributed by atoms with Crippen molar-refractivity contribution < 1.29 is 4.79 Å². The molecule has 27 heavy (non-hydrogen) atoms. The van der Waals surface area contributed by atoms with E-state index in [2.05, 4.69) is 46.0 Å². The molecule has 148 valence electrons. The van der Waals surface area contributed by atoms with Crippen LogP contribution in [0.4, 0.5) is 5.69 Å². The molecule has 1 amide bonds. The quantitative estimate of drug-likeness (QED) is 0.886. The minimum Gasteiger partial charge on any atom is -0.369 e. The number of fused-ring (bicyclic) bond motifs is 1. The Kier molecular flexibility index (Phi) is 5.69. The molecule has 5 heteroatoms. The van der Waals surface area contributed by atoms with Crippen LogP contribution < -0.4 is 10.2 Å². The highest BCUT2D eigenvalue weighted by Crippen LogP contribution is 2.28. The number of hydrogen-bond acceptors (Lipinski definition) is 4. The first-order valence-corrected chi connectivity index (χ1v) is 10.7. The van der Waals surface area contributed by atoms with Gasteiger partial charge < -0.3 is 15.1 Å². The monoisotopic (exact) mass is 370 g/mol. The van der Waals surface area contributed by atoms with Crippen LogP contribution in [0.25, 0.3) is 0 Å². The Balaban J connectivity index is 1.35. The average Bonchev–Trinajstić information content (AvgIpc) is 3.06. The third kappa shape index (κ3) is 4.14. The van der Waals surface area contributed by atoms with Gasteiger partial charge in [0.25, 0.3) is 5.91 Å². The summed E-state index contributed by atoms with van der Waals surface area (Å²) in [7, 11) is 0. The highest BCUT2D eigenvalue weighted by atomic mass is 16.2. The molecule has 0 unspecified atom stereocenters. The molecule has 0 spiro atoms. The fraction of sp³-hybridized carbons (Fsp3) is 0.682. The van der Waals surface area contributed by atoms with Crippen LogP contribution in [0.15, 0.2) is 24.3 Å². The molecular weight excluding hydrogens is 336 g/mol. The van der Waals surface area contributed by atoms with Crippen LogP contribution in [0.5, 0.6) is 0 Å². The van der Waals surface area contributed by atoms with E-state index in [1.165, 1.54) is 5.69 Å². The summed E-state index contributed by atoms with van der Waals surface area (Å²) in [6, 6.07) is 8.94. The second kappa shape index (κ2) is 8.19. The van der Waals surface area contributed by atoms with Crippen LogP contribution in [-0.2, 0) is 0 Å². The molecule has 1 aromatic carbocycles. The van der Waals surface area contributed by atoms with Crippen molar-refractivity contribution in [2.24, 2.45) is 11.8 Å². The Morgan fingerprint density at radius 2 is 1.52 bits per heavy atom. The number of nitrogens with zero attached hydrogens (tertiary/aromatic N) is 3. The highest BCUT2D eigenvalue weighted by molar-refractivity contribution is 5.94. The first-order chi connectivity index (χ1) is 13.1. The van der Waals surface area contributed by atoms with Crippen molar-refractivity contribution in [1.82, 2.24) is 15.1 Å². The van der Waals surface area contributed by atoms with Crippen LogP contribution in [0, 0.1) is 11.8 Å². The third-order valence-electron chi connectivity index (χ3n) is 6.83. The minimum atomic E-state index is 0.208. The maximum atomic E-state index is 13.0. The zero-order chi connectivity index (χ0) is 18.8. The predicted octanol–water partition coefficient (Wildman–Crippen LogP) is 2.29. The Morgan fingerprint density at radius 3 is 2.07 bits per heavy atom. The van der Waals surface area contributed by atoms with E-state index in [0.717, 1.165) is 82.6 Å². The third-order valence-corrected chi connectivity index (χ3v) is 6.83. The Hall–Kier alpha value is -1.59. The van der Waals surface area contributed by atoms with Gasteiger partial charge in [-0.25, -0.2) is 0 Å². The van der Waals surface area contributed by atoms with Crippen molar-refractivity contribution in [2.45, 2.75) is 32.7 Å². The molecule has 3 heterocycles. The lowest BCUT2D eigenvalue weighted by Crippen LogP contribution is -2.48. The number of carbonyl (C=O) groups excluding carboxylic acids is 1. The van der Waals surface area contributed by atoms with Crippen molar-refractivity contribution in [3.63, 3.8) is 0 Å². The molecule has 4 rings (SSSR count). The van der Waals surface area contributed by atoms with Gasteiger partial charge in [-0.05, 0) is 75.9 Å². The summed E-state index contributed by atoms with van der Waals surface area (Å²) in [6.07, 6.45) is 2.28. The van der Waals surface area contributed by atoms with E-state index >= 15 is 0 Å². The van der Waals surface area contributed by atoms with Crippen LogP contribution in [-0.4, -0.2) is 74.1 Å². The summed E-state index contributed by atoms with van der Waals surface area (Å²) in [5.74, 6) is 1.73. The second-order valence-corrected chi connectivity index (χ2v) is 8.71. The van der Waals surface area contributed by atoms with Crippen molar-refractivity contribution in [2.75, 3.05) is 57.3 Å². The lowest BCUT2D eigenvalue weighted by atomic mass is 9.92. The summed E-state index contributed by atoms with van der Waals surface area (Å²) >= 11 is 0. The summed E-state index contributed by atoms with van der Waals surface area (Å²) in [5.41, 5.74) is 2.08. The molecule has 0 aromatic heterocycles. The number of carbonyl (C=O) groups is 1. The van der Waals surface area contributed by atoms with Gasteiger partial charge in [0.15, 0.2) is 0 Å². The van der Waals surface area contributed by atoms with Crippen molar-refractivity contribution in [3.05, 3.63) is 29.8 Å². The molecule has 3 fully saturated rings. The lowest BCUT2D eigenvalue weighted by molar-refractivity contribution is 0.0758. The Morgan fingerprint density at radius 1 is 0.926 bits per heavy atom. The number of rotatable bonds is 3. The topological polar surface area (TPSA) is 38.8 Å². The number of amides is 1. The van der Waals surface area contributed by atoms with Gasteiger partial charge >= 0.3 is 0 Å². The molecule has 3 aliphatic rings. The van der Waals surface area contributed by atoms with Crippen molar-refractivity contribution in [1.29, 1.82) is 0 Å². The van der Waals surface area contributed by atoms with Gasteiger partial charge in [0, 0.05) is 56.6 Å². The Bertz CT molecular complexity index is 622. The summed E-state index contributed by atoms with van der Waals surface area (Å²) < 4.78 is 0. The fourth-order valence-electron chi connectivity index (χ4n) is 4.92. The minimum absolute atomic E-state index is 0.208. The summed E-state index contributed by atoms with van der Waals surface area (Å²) in [4.78, 5) is 20.0. The molecule has 1 aromatic rings. The number of anilines is 1. The number of hydrogen-bond donors (Lipinski definition) is 1. The lowest BCUT2D eigenvalue weighted by Gasteiger charge is -2.38. The molecule has 5 nitrogen and oxygen atoms in total. The van der Waals surface area contributed by atoms with E-state index in [1.807, 2.05) is 12.1 Å². The molecule has 0 aliphatic carbocycles. The van der Waals surface area contributed by atoms with Crippen LogP contribution >= 0.6 is 0 Å². The van der Waals surface area contributed by atoms with Gasteiger partial charge in [0.2, 0.25) is 0 Å². The van der Waals surface area contributed by atoms with Crippen molar-refractivity contribution >= 4 is 11.6 Å². The second-order valence-electron chi connectivity index (χ2n) is 8.71. The summed E-state index contributed by atoms with van der Waals surface area (Å²) in [5, 5.41) is 3.50. The van der Waals surface area contributed by atoms with E-state index in [9.17, 15) is 4.79 Å². The molecule has 0 saturated carbocycles. The van der Waals surface area contributed by atoms with Crippen LogP contribution in [0.3, 0.4) is 0 Å². The van der Waals surface area contributed by atoms with E-state index in [1.54, 1.807) is 0 Å². The SMILES string of the molecule is CC(C)N1CCN(c2ccc(C(=O)N3CC[C@@H]4CNC[C@@H]4CC3)cc2)CC1. The maximum absolute atomic E-state index is 13.0. The normalized spacial score (nSPS) is 26.9. The number of nitrogens with one attached hydrogen (secondary N) is 1. The molecular formula is C22H34N4O. The van der Waals surface area contributed by atoms with Crippen LogP contribution in [0.2, 0.25) is 0 Å². The van der Waals surface area contributed by atoms with E-state index in [-0.39, 0.29) is 5.91 Å². The smallest absolute Gasteiger partial charge is 0.253 e. The molecule has 3 aliphatic heterocycles. The van der Waals surface area contributed by atoms with Gasteiger partial charge in [0.1, 0.15) is 0 Å². The van der Waals surface area contributed by atoms with Crippen LogP contribution in [0.1, 0.15) is 37.0 Å². The van der Waals surface area contributed by atoms with Gasteiger partial charge in [-0.3, -0.25) is 9.69 Å². The first kappa shape index (κ1) is 18.8. The number of benzene rings is 1. The Labute approximate surface area is 163 Å². The molecule has 2 atom stereocenters. The van der Waals surface area contributed by atoms with E-state index in [4.69, 9.17) is 0 Å². The number of likely N-dealkylation sites (tertiary alicyclic amines) is 1. The van der Waals surface area contributed by atoms with E-state index in [0.29, 0.717) is 6.04 Å². The molecule has 0 radical (unpaired) electrons. The zero-order valence-corrected chi connectivity index (χ0v) is 16.9. The van der Waals surface area contributed by atoms with Crippen molar-refractivity contribution in [3.8, 4) is 0 Å². The summed E-state index contributed by atoms with van der Waals surface area (Å²) in [6.45, 7) is 13.0. The largest absolute Gasteiger partial charge is 0.369 e. The first-order valence-electron chi connectivity index (χ1n) is 10.7. The van der Waals surface area contributed by atoms with Gasteiger partial charge in [-0.2, -0.15) is 0 Å². The van der Waals surface area contributed by atoms with Gasteiger partial charge in [-0.1, -0.05) is 0 Å². The molecule has 3 saturated heterocycles. The fourth-order valence-corrected chi connectivity index (χ4v) is 4.92.